The molecule has 0 aliphatic carbocycles. The molecule has 0 saturated carbocycles. The standard InChI is InChI=1S/C22H25FN2O4S/c23-18-5-2-1-4-17(18)22(29)25-9-7-15(8-10-25)14-24-20(26)12-16(13-21(27)28)19-6-3-11-30-19/h1-6,11,15-16H,7-10,12-14H2,(H,24,26)(H,27,28). The van der Waals surface area contributed by atoms with Crippen molar-refractivity contribution in [2.45, 2.75) is 31.6 Å². The van der Waals surface area contributed by atoms with E-state index < -0.39 is 11.8 Å². The number of halogens is 1. The molecule has 2 amide bonds. The second-order valence-electron chi connectivity index (χ2n) is 7.53. The summed E-state index contributed by atoms with van der Waals surface area (Å²) in [6, 6.07) is 9.68. The quantitative estimate of drug-likeness (QED) is 0.668. The number of hydrogen-bond acceptors (Lipinski definition) is 4. The Morgan fingerprint density at radius 2 is 1.87 bits per heavy atom. The van der Waals surface area contributed by atoms with Crippen LogP contribution in [-0.2, 0) is 9.59 Å². The van der Waals surface area contributed by atoms with Crippen LogP contribution in [0.1, 0.15) is 46.8 Å². The van der Waals surface area contributed by atoms with Crippen molar-refractivity contribution >= 4 is 29.1 Å². The molecule has 2 heterocycles. The Balaban J connectivity index is 1.45. The molecule has 1 saturated heterocycles. The normalized spacial score (nSPS) is 15.6. The molecule has 1 aliphatic rings. The van der Waals surface area contributed by atoms with Crippen LogP contribution in [-0.4, -0.2) is 47.4 Å². The van der Waals surface area contributed by atoms with Crippen LogP contribution in [0.5, 0.6) is 0 Å². The number of aliphatic carboxylic acids is 1. The number of carboxylic acids is 1. The second-order valence-corrected chi connectivity index (χ2v) is 8.51. The van der Waals surface area contributed by atoms with Gasteiger partial charge < -0.3 is 15.3 Å². The molecule has 0 bridgehead atoms. The predicted molar refractivity (Wildman–Crippen MR) is 112 cm³/mol. The van der Waals surface area contributed by atoms with Crippen molar-refractivity contribution in [2.75, 3.05) is 19.6 Å². The molecule has 1 atom stereocenters. The van der Waals surface area contributed by atoms with Gasteiger partial charge in [-0.2, -0.15) is 0 Å². The SMILES string of the molecule is O=C(O)CC(CC(=O)NCC1CCN(C(=O)c2ccccc2F)CC1)c1cccs1. The Kier molecular flexibility index (Phi) is 7.57. The van der Waals surface area contributed by atoms with Gasteiger partial charge in [-0.1, -0.05) is 18.2 Å². The summed E-state index contributed by atoms with van der Waals surface area (Å²) >= 11 is 1.46. The predicted octanol–water partition coefficient (Wildman–Crippen LogP) is 3.50. The van der Waals surface area contributed by atoms with E-state index in [9.17, 15) is 18.8 Å². The van der Waals surface area contributed by atoms with Crippen LogP contribution in [0.2, 0.25) is 0 Å². The smallest absolute Gasteiger partial charge is 0.304 e. The maximum Gasteiger partial charge on any atom is 0.304 e. The lowest BCUT2D eigenvalue weighted by Gasteiger charge is -2.32. The lowest BCUT2D eigenvalue weighted by Crippen LogP contribution is -2.42. The first-order chi connectivity index (χ1) is 14.4. The molecule has 1 fully saturated rings. The minimum Gasteiger partial charge on any atom is -0.481 e. The van der Waals surface area contributed by atoms with Crippen LogP contribution >= 0.6 is 11.3 Å². The maximum atomic E-state index is 13.8. The number of benzene rings is 1. The number of carboxylic acid groups (broad SMARTS) is 1. The number of rotatable bonds is 8. The molecule has 1 unspecified atom stereocenters. The number of carbonyl (C=O) groups excluding carboxylic acids is 2. The highest BCUT2D eigenvalue weighted by atomic mass is 32.1. The monoisotopic (exact) mass is 432 g/mol. The number of thiophene rings is 1. The Labute approximate surface area is 178 Å². The van der Waals surface area contributed by atoms with E-state index in [4.69, 9.17) is 5.11 Å². The molecule has 1 aromatic carbocycles. The van der Waals surface area contributed by atoms with E-state index in [0.29, 0.717) is 19.6 Å². The molecule has 8 heteroatoms. The van der Waals surface area contributed by atoms with Crippen molar-refractivity contribution in [2.24, 2.45) is 5.92 Å². The second kappa shape index (κ2) is 10.3. The lowest BCUT2D eigenvalue weighted by molar-refractivity contribution is -0.137. The van der Waals surface area contributed by atoms with Gasteiger partial charge in [0.05, 0.1) is 12.0 Å². The first-order valence-corrected chi connectivity index (χ1v) is 10.9. The van der Waals surface area contributed by atoms with E-state index in [1.54, 1.807) is 17.0 Å². The molecule has 3 rings (SSSR count). The largest absolute Gasteiger partial charge is 0.481 e. The molecular formula is C22H25FN2O4S. The third-order valence-electron chi connectivity index (χ3n) is 5.39. The van der Waals surface area contributed by atoms with Gasteiger partial charge in [0.1, 0.15) is 5.82 Å². The van der Waals surface area contributed by atoms with Gasteiger partial charge in [0.15, 0.2) is 0 Å². The van der Waals surface area contributed by atoms with Crippen LogP contribution in [0.4, 0.5) is 4.39 Å². The highest BCUT2D eigenvalue weighted by Crippen LogP contribution is 2.28. The summed E-state index contributed by atoms with van der Waals surface area (Å²) in [5, 5.41) is 13.9. The van der Waals surface area contributed by atoms with Gasteiger partial charge in [-0.15, -0.1) is 11.3 Å². The van der Waals surface area contributed by atoms with Crippen molar-refractivity contribution in [3.8, 4) is 0 Å². The molecule has 2 aromatic rings. The molecule has 1 aromatic heterocycles. The number of piperidine rings is 1. The molecule has 160 valence electrons. The number of hydrogen-bond donors (Lipinski definition) is 2. The van der Waals surface area contributed by atoms with Crippen molar-refractivity contribution in [3.63, 3.8) is 0 Å². The van der Waals surface area contributed by atoms with Gasteiger partial charge in [-0.3, -0.25) is 14.4 Å². The van der Waals surface area contributed by atoms with Crippen LogP contribution in [0.15, 0.2) is 41.8 Å². The summed E-state index contributed by atoms with van der Waals surface area (Å²) < 4.78 is 13.8. The van der Waals surface area contributed by atoms with Crippen molar-refractivity contribution < 1.29 is 23.9 Å². The number of nitrogens with one attached hydrogen (secondary N) is 1. The fourth-order valence-electron chi connectivity index (χ4n) is 3.71. The molecule has 6 nitrogen and oxygen atoms in total. The number of nitrogens with zero attached hydrogens (tertiary/aromatic N) is 1. The number of likely N-dealkylation sites (tertiary alicyclic amines) is 1. The topological polar surface area (TPSA) is 86.7 Å². The summed E-state index contributed by atoms with van der Waals surface area (Å²) in [7, 11) is 0. The minimum absolute atomic E-state index is 0.0789. The van der Waals surface area contributed by atoms with Crippen LogP contribution in [0.3, 0.4) is 0 Å². The maximum absolute atomic E-state index is 13.8. The Morgan fingerprint density at radius 1 is 1.13 bits per heavy atom. The average molecular weight is 433 g/mol. The van der Waals surface area contributed by atoms with Crippen LogP contribution in [0.25, 0.3) is 0 Å². The zero-order chi connectivity index (χ0) is 21.5. The first kappa shape index (κ1) is 22.0. The van der Waals surface area contributed by atoms with E-state index in [2.05, 4.69) is 5.32 Å². The van der Waals surface area contributed by atoms with Crippen molar-refractivity contribution in [1.82, 2.24) is 10.2 Å². The number of amides is 2. The molecule has 1 aliphatic heterocycles. The fourth-order valence-corrected chi connectivity index (χ4v) is 4.54. The number of carbonyl (C=O) groups is 3. The molecule has 0 radical (unpaired) electrons. The van der Waals surface area contributed by atoms with Gasteiger partial charge in [-0.25, -0.2) is 4.39 Å². The minimum atomic E-state index is -0.923. The Hall–Kier alpha value is -2.74. The first-order valence-electron chi connectivity index (χ1n) is 9.99. The van der Waals surface area contributed by atoms with Crippen LogP contribution < -0.4 is 5.32 Å². The Morgan fingerprint density at radius 3 is 2.50 bits per heavy atom. The fraction of sp³-hybridized carbons (Fsp3) is 0.409. The summed E-state index contributed by atoms with van der Waals surface area (Å²) in [6.45, 7) is 1.53. The van der Waals surface area contributed by atoms with E-state index in [0.717, 1.165) is 17.7 Å². The zero-order valence-electron chi connectivity index (χ0n) is 16.6. The van der Waals surface area contributed by atoms with E-state index in [1.165, 1.54) is 23.5 Å². The summed E-state index contributed by atoms with van der Waals surface area (Å²) in [5.41, 5.74) is 0.0855. The van der Waals surface area contributed by atoms with Crippen LogP contribution in [0, 0.1) is 11.7 Å². The van der Waals surface area contributed by atoms with E-state index >= 15 is 0 Å². The van der Waals surface area contributed by atoms with Gasteiger partial charge >= 0.3 is 5.97 Å². The Bertz CT molecular complexity index is 879. The van der Waals surface area contributed by atoms with Crippen molar-refractivity contribution in [1.29, 1.82) is 0 Å². The lowest BCUT2D eigenvalue weighted by atomic mass is 9.95. The third-order valence-corrected chi connectivity index (χ3v) is 6.43. The van der Waals surface area contributed by atoms with Gasteiger partial charge in [0.2, 0.25) is 5.91 Å². The van der Waals surface area contributed by atoms with Gasteiger partial charge in [0, 0.05) is 36.9 Å². The zero-order valence-corrected chi connectivity index (χ0v) is 17.4. The molecule has 30 heavy (non-hydrogen) atoms. The summed E-state index contributed by atoms with van der Waals surface area (Å²) in [6.07, 6.45) is 1.51. The molecule has 0 spiro atoms. The van der Waals surface area contributed by atoms with Crippen molar-refractivity contribution in [3.05, 3.63) is 58.0 Å². The van der Waals surface area contributed by atoms with Gasteiger partial charge in [0.25, 0.3) is 5.91 Å². The van der Waals surface area contributed by atoms with Gasteiger partial charge in [-0.05, 0) is 42.3 Å². The highest BCUT2D eigenvalue weighted by Gasteiger charge is 2.26. The van der Waals surface area contributed by atoms with E-state index in [1.807, 2.05) is 17.5 Å². The summed E-state index contributed by atoms with van der Waals surface area (Å²) in [4.78, 5) is 38.5. The summed E-state index contributed by atoms with van der Waals surface area (Å²) in [5.74, 6) is -2.00. The average Bonchev–Trinajstić information content (AvgIpc) is 3.27. The molecular weight excluding hydrogens is 407 g/mol. The third kappa shape index (κ3) is 5.89. The highest BCUT2D eigenvalue weighted by molar-refractivity contribution is 7.10. The molecule has 2 N–H and O–H groups in total. The van der Waals surface area contributed by atoms with E-state index in [-0.39, 0.29) is 42.1 Å².